The zero-order chi connectivity index (χ0) is 12.5. The molecule has 0 aromatic rings. The van der Waals surface area contributed by atoms with Crippen LogP contribution in [0.5, 0.6) is 0 Å². The summed E-state index contributed by atoms with van der Waals surface area (Å²) in [5.74, 6) is 0.476. The number of carbonyl (C=O) groups is 2. The van der Waals surface area contributed by atoms with Gasteiger partial charge in [-0.3, -0.25) is 9.59 Å². The highest BCUT2D eigenvalue weighted by atomic mass is 16.5. The molecule has 0 bridgehead atoms. The van der Waals surface area contributed by atoms with Gasteiger partial charge in [-0.1, -0.05) is 0 Å². The average Bonchev–Trinajstić information content (AvgIpc) is 2.73. The van der Waals surface area contributed by atoms with Crippen LogP contribution in [0, 0.1) is 5.92 Å². The fraction of sp³-hybridized carbons (Fsp3) is 0.833. The summed E-state index contributed by atoms with van der Waals surface area (Å²) >= 11 is 0. The van der Waals surface area contributed by atoms with E-state index >= 15 is 0 Å². The highest BCUT2D eigenvalue weighted by Crippen LogP contribution is 2.19. The van der Waals surface area contributed by atoms with Gasteiger partial charge in [0, 0.05) is 19.8 Å². The lowest BCUT2D eigenvalue weighted by Gasteiger charge is -2.37. The van der Waals surface area contributed by atoms with Crippen LogP contribution in [-0.4, -0.2) is 48.6 Å². The molecule has 5 heteroatoms. The smallest absolute Gasteiger partial charge is 0.248 e. The summed E-state index contributed by atoms with van der Waals surface area (Å²) in [4.78, 5) is 25.2. The van der Waals surface area contributed by atoms with Crippen molar-refractivity contribution in [3.8, 4) is 0 Å². The monoisotopic (exact) mass is 240 g/mol. The maximum atomic E-state index is 12.1. The molecule has 2 saturated heterocycles. The van der Waals surface area contributed by atoms with Crippen molar-refractivity contribution in [1.29, 1.82) is 0 Å². The molecule has 17 heavy (non-hydrogen) atoms. The molecule has 2 heterocycles. The molecule has 0 aliphatic carbocycles. The maximum Gasteiger partial charge on any atom is 0.248 e. The fourth-order valence-corrected chi connectivity index (χ4v) is 2.41. The number of piperazine rings is 1. The van der Waals surface area contributed by atoms with Crippen LogP contribution in [0.25, 0.3) is 0 Å². The van der Waals surface area contributed by atoms with Gasteiger partial charge in [-0.15, -0.1) is 0 Å². The van der Waals surface area contributed by atoms with Crippen molar-refractivity contribution >= 4 is 11.8 Å². The van der Waals surface area contributed by atoms with Crippen LogP contribution in [0.2, 0.25) is 0 Å². The first-order chi connectivity index (χ1) is 7.99. The second kappa shape index (κ2) is 4.64. The molecule has 0 aromatic heterocycles. The molecule has 1 atom stereocenters. The Morgan fingerprint density at radius 2 is 2.24 bits per heavy atom. The molecule has 2 aliphatic rings. The second-order valence-corrected chi connectivity index (χ2v) is 5.42. The number of rotatable bonds is 3. The van der Waals surface area contributed by atoms with E-state index in [1.807, 2.05) is 0 Å². The van der Waals surface area contributed by atoms with Crippen LogP contribution in [0.15, 0.2) is 0 Å². The van der Waals surface area contributed by atoms with Gasteiger partial charge in [0.25, 0.3) is 0 Å². The zero-order valence-corrected chi connectivity index (χ0v) is 10.5. The van der Waals surface area contributed by atoms with Gasteiger partial charge in [-0.25, -0.2) is 0 Å². The Labute approximate surface area is 101 Å². The minimum absolute atomic E-state index is 0.0102. The second-order valence-electron chi connectivity index (χ2n) is 5.42. The molecular weight excluding hydrogens is 220 g/mol. The lowest BCUT2D eigenvalue weighted by atomic mass is 9.99. The number of nitrogens with zero attached hydrogens (tertiary/aromatic N) is 1. The molecule has 2 rings (SSSR count). The Balaban J connectivity index is 1.90. The third-order valence-electron chi connectivity index (χ3n) is 3.44. The number of hydrogen-bond donors (Lipinski definition) is 1. The Kier molecular flexibility index (Phi) is 3.38. The topological polar surface area (TPSA) is 58.6 Å². The van der Waals surface area contributed by atoms with Crippen molar-refractivity contribution in [3.05, 3.63) is 0 Å². The summed E-state index contributed by atoms with van der Waals surface area (Å²) in [5, 5.41) is 2.71. The first kappa shape index (κ1) is 12.4. The zero-order valence-electron chi connectivity index (χ0n) is 10.5. The minimum atomic E-state index is -0.762. The molecule has 0 spiro atoms. The summed E-state index contributed by atoms with van der Waals surface area (Å²) in [6, 6.07) is 0. The van der Waals surface area contributed by atoms with Crippen molar-refractivity contribution in [2.24, 2.45) is 5.92 Å². The highest BCUT2D eigenvalue weighted by molar-refractivity contribution is 5.97. The number of hydrogen-bond acceptors (Lipinski definition) is 3. The van der Waals surface area contributed by atoms with Crippen molar-refractivity contribution in [1.82, 2.24) is 10.2 Å². The third-order valence-corrected chi connectivity index (χ3v) is 3.44. The van der Waals surface area contributed by atoms with E-state index in [4.69, 9.17) is 4.74 Å². The summed E-state index contributed by atoms with van der Waals surface area (Å²) in [6.07, 6.45) is 1.99. The van der Waals surface area contributed by atoms with Gasteiger partial charge in [0.05, 0.1) is 6.54 Å². The summed E-state index contributed by atoms with van der Waals surface area (Å²) < 4.78 is 5.30. The highest BCUT2D eigenvalue weighted by Gasteiger charge is 2.38. The average molecular weight is 240 g/mol. The minimum Gasteiger partial charge on any atom is -0.381 e. The predicted octanol–water partition coefficient (Wildman–Crippen LogP) is 0.150. The van der Waals surface area contributed by atoms with Gasteiger partial charge in [0.2, 0.25) is 11.8 Å². The van der Waals surface area contributed by atoms with Crippen molar-refractivity contribution in [2.45, 2.75) is 32.2 Å². The van der Waals surface area contributed by atoms with E-state index in [0.717, 1.165) is 26.1 Å². The fourth-order valence-electron chi connectivity index (χ4n) is 2.41. The Morgan fingerprint density at radius 3 is 2.88 bits per heavy atom. The molecule has 0 radical (unpaired) electrons. The summed E-state index contributed by atoms with van der Waals surface area (Å²) in [6.45, 7) is 5.96. The Bertz CT molecular complexity index is 322. The molecule has 1 unspecified atom stereocenters. The normalized spacial score (nSPS) is 28.4. The number of amides is 2. The SMILES string of the molecule is CC1(C)NC(=O)CN(CCC2CCOC2)C1=O. The lowest BCUT2D eigenvalue weighted by molar-refractivity contribution is -0.148. The van der Waals surface area contributed by atoms with Gasteiger partial charge in [-0.05, 0) is 32.6 Å². The van der Waals surface area contributed by atoms with E-state index in [1.54, 1.807) is 18.7 Å². The number of ether oxygens (including phenoxy) is 1. The molecule has 5 nitrogen and oxygen atoms in total. The van der Waals surface area contributed by atoms with E-state index < -0.39 is 5.54 Å². The van der Waals surface area contributed by atoms with Gasteiger partial charge < -0.3 is 15.0 Å². The quantitative estimate of drug-likeness (QED) is 0.764. The molecule has 0 aromatic carbocycles. The first-order valence-corrected chi connectivity index (χ1v) is 6.17. The molecular formula is C12H20N2O3. The van der Waals surface area contributed by atoms with E-state index in [0.29, 0.717) is 12.5 Å². The molecule has 0 saturated carbocycles. The summed E-state index contributed by atoms with van der Waals surface area (Å²) in [7, 11) is 0. The van der Waals surface area contributed by atoms with Crippen LogP contribution >= 0.6 is 0 Å². The standard InChI is InChI=1S/C12H20N2O3/c1-12(2)11(16)14(7-10(15)13-12)5-3-9-4-6-17-8-9/h9H,3-8H2,1-2H3,(H,13,15). The van der Waals surface area contributed by atoms with Crippen molar-refractivity contribution in [3.63, 3.8) is 0 Å². The first-order valence-electron chi connectivity index (χ1n) is 6.17. The third kappa shape index (κ3) is 2.77. The van der Waals surface area contributed by atoms with E-state index in [-0.39, 0.29) is 18.4 Å². The summed E-state index contributed by atoms with van der Waals surface area (Å²) in [5.41, 5.74) is -0.762. The van der Waals surface area contributed by atoms with E-state index in [9.17, 15) is 9.59 Å². The maximum absolute atomic E-state index is 12.1. The molecule has 2 fully saturated rings. The van der Waals surface area contributed by atoms with Crippen LogP contribution in [0.4, 0.5) is 0 Å². The Hall–Kier alpha value is -1.10. The molecule has 2 aliphatic heterocycles. The van der Waals surface area contributed by atoms with Crippen LogP contribution < -0.4 is 5.32 Å². The number of carbonyl (C=O) groups excluding carboxylic acids is 2. The van der Waals surface area contributed by atoms with Crippen LogP contribution in [-0.2, 0) is 14.3 Å². The van der Waals surface area contributed by atoms with Gasteiger partial charge in [0.15, 0.2) is 0 Å². The van der Waals surface area contributed by atoms with E-state index in [1.165, 1.54) is 0 Å². The molecule has 96 valence electrons. The van der Waals surface area contributed by atoms with E-state index in [2.05, 4.69) is 5.32 Å². The number of nitrogens with one attached hydrogen (secondary N) is 1. The van der Waals surface area contributed by atoms with Crippen LogP contribution in [0.3, 0.4) is 0 Å². The van der Waals surface area contributed by atoms with Crippen molar-refractivity contribution in [2.75, 3.05) is 26.3 Å². The van der Waals surface area contributed by atoms with Crippen molar-refractivity contribution < 1.29 is 14.3 Å². The van der Waals surface area contributed by atoms with Gasteiger partial charge in [-0.2, -0.15) is 0 Å². The van der Waals surface area contributed by atoms with Crippen LogP contribution in [0.1, 0.15) is 26.7 Å². The van der Waals surface area contributed by atoms with Gasteiger partial charge >= 0.3 is 0 Å². The largest absolute Gasteiger partial charge is 0.381 e. The molecule has 2 amide bonds. The molecule has 1 N–H and O–H groups in total. The lowest BCUT2D eigenvalue weighted by Crippen LogP contribution is -2.63. The Morgan fingerprint density at radius 1 is 1.47 bits per heavy atom. The van der Waals surface area contributed by atoms with Gasteiger partial charge in [0.1, 0.15) is 5.54 Å². The predicted molar refractivity (Wildman–Crippen MR) is 62.3 cm³/mol.